The zero-order chi connectivity index (χ0) is 6.10. The summed E-state index contributed by atoms with van der Waals surface area (Å²) in [5.41, 5.74) is 2.24. The van der Waals surface area contributed by atoms with Crippen molar-refractivity contribution in [2.24, 2.45) is 0 Å². The Kier molecular flexibility index (Phi) is 0.886. The van der Waals surface area contributed by atoms with E-state index >= 15 is 0 Å². The van der Waals surface area contributed by atoms with Gasteiger partial charge in [-0.1, -0.05) is 0 Å². The second-order valence-electron chi connectivity index (χ2n) is 2.06. The highest BCUT2D eigenvalue weighted by atomic mass is 15.0. The molecule has 3 nitrogen and oxygen atoms in total. The van der Waals surface area contributed by atoms with E-state index in [0.29, 0.717) is 0 Å². The number of nitrogens with one attached hydrogen (secondary N) is 1. The van der Waals surface area contributed by atoms with Gasteiger partial charge < -0.3 is 5.32 Å². The Balaban J connectivity index is 2.54. The van der Waals surface area contributed by atoms with Gasteiger partial charge in [-0.2, -0.15) is 0 Å². The minimum Gasteiger partial charge on any atom is -0.382 e. The van der Waals surface area contributed by atoms with Crippen molar-refractivity contribution >= 4 is 5.69 Å². The lowest BCUT2D eigenvalue weighted by atomic mass is 10.3. The molecular formula is C6H7N3. The van der Waals surface area contributed by atoms with Crippen molar-refractivity contribution < 1.29 is 0 Å². The highest BCUT2D eigenvalue weighted by Gasteiger charge is 2.08. The molecule has 2 rings (SSSR count). The number of aromatic nitrogens is 2. The molecule has 1 aliphatic heterocycles. The summed E-state index contributed by atoms with van der Waals surface area (Å²) in [6, 6.07) is 0. The lowest BCUT2D eigenvalue weighted by molar-refractivity contribution is 1.02. The van der Waals surface area contributed by atoms with E-state index in [9.17, 15) is 0 Å². The van der Waals surface area contributed by atoms with Crippen LogP contribution in [0.4, 0.5) is 5.69 Å². The summed E-state index contributed by atoms with van der Waals surface area (Å²) in [6.07, 6.45) is 4.44. The van der Waals surface area contributed by atoms with Crippen molar-refractivity contribution in [2.45, 2.75) is 6.42 Å². The molecule has 0 bridgehead atoms. The molecule has 46 valence electrons. The van der Waals surface area contributed by atoms with E-state index in [1.807, 2.05) is 6.20 Å². The second-order valence-corrected chi connectivity index (χ2v) is 2.06. The summed E-state index contributed by atoms with van der Waals surface area (Å²) in [5.74, 6) is 0. The smallest absolute Gasteiger partial charge is 0.115 e. The monoisotopic (exact) mass is 121 g/mol. The number of nitrogens with zero attached hydrogens (tertiary/aromatic N) is 2. The Morgan fingerprint density at radius 2 is 2.56 bits per heavy atom. The fraction of sp³-hybridized carbons (Fsp3) is 0.333. The highest BCUT2D eigenvalue weighted by Crippen LogP contribution is 2.15. The third-order valence-corrected chi connectivity index (χ3v) is 1.47. The first-order chi connectivity index (χ1) is 4.47. The van der Waals surface area contributed by atoms with Crippen LogP contribution in [-0.4, -0.2) is 16.5 Å². The summed E-state index contributed by atoms with van der Waals surface area (Å²) in [4.78, 5) is 7.97. The molecule has 0 amide bonds. The molecule has 0 radical (unpaired) electrons. The minimum atomic E-state index is 1.01. The zero-order valence-corrected chi connectivity index (χ0v) is 4.96. The largest absolute Gasteiger partial charge is 0.382 e. The van der Waals surface area contributed by atoms with Gasteiger partial charge in [0.05, 0.1) is 17.6 Å². The molecule has 0 fully saturated rings. The van der Waals surface area contributed by atoms with Crippen molar-refractivity contribution in [3.05, 3.63) is 18.2 Å². The van der Waals surface area contributed by atoms with Gasteiger partial charge >= 0.3 is 0 Å². The maximum Gasteiger partial charge on any atom is 0.115 e. The van der Waals surface area contributed by atoms with Crippen molar-refractivity contribution in [3.8, 4) is 0 Å². The average Bonchev–Trinajstić information content (AvgIpc) is 2.33. The van der Waals surface area contributed by atoms with Crippen LogP contribution >= 0.6 is 0 Å². The lowest BCUT2D eigenvalue weighted by Gasteiger charge is -1.92. The molecule has 2 heterocycles. The van der Waals surface area contributed by atoms with Crippen molar-refractivity contribution in [1.82, 2.24) is 9.97 Å². The first-order valence-electron chi connectivity index (χ1n) is 2.99. The maximum absolute atomic E-state index is 4.09. The number of rotatable bonds is 0. The van der Waals surface area contributed by atoms with Gasteiger partial charge in [-0.15, -0.1) is 0 Å². The summed E-state index contributed by atoms with van der Waals surface area (Å²) in [6.45, 7) is 1.01. The van der Waals surface area contributed by atoms with Gasteiger partial charge in [-0.3, -0.25) is 0 Å². The van der Waals surface area contributed by atoms with Gasteiger partial charge in [0.15, 0.2) is 0 Å². The predicted octanol–water partition coefficient (Wildman–Crippen LogP) is 0.445. The van der Waals surface area contributed by atoms with E-state index < -0.39 is 0 Å². The van der Waals surface area contributed by atoms with E-state index in [-0.39, 0.29) is 0 Å². The van der Waals surface area contributed by atoms with Crippen LogP contribution in [0.2, 0.25) is 0 Å². The fourth-order valence-corrected chi connectivity index (χ4v) is 1.02. The van der Waals surface area contributed by atoms with E-state index in [1.54, 1.807) is 6.33 Å². The third kappa shape index (κ3) is 0.650. The quantitative estimate of drug-likeness (QED) is 0.541. The molecule has 1 aliphatic rings. The molecule has 1 aromatic heterocycles. The summed E-state index contributed by atoms with van der Waals surface area (Å²) < 4.78 is 0. The molecule has 1 aromatic rings. The van der Waals surface area contributed by atoms with Crippen LogP contribution in [0.1, 0.15) is 5.69 Å². The Hall–Kier alpha value is -1.12. The summed E-state index contributed by atoms with van der Waals surface area (Å²) >= 11 is 0. The molecule has 0 aromatic carbocycles. The molecule has 0 spiro atoms. The van der Waals surface area contributed by atoms with E-state index in [4.69, 9.17) is 0 Å². The van der Waals surface area contributed by atoms with Crippen molar-refractivity contribution in [1.29, 1.82) is 0 Å². The van der Waals surface area contributed by atoms with Crippen LogP contribution in [0, 0.1) is 0 Å². The van der Waals surface area contributed by atoms with Gasteiger partial charge in [0.2, 0.25) is 0 Å². The standard InChI is InChI=1S/C6H7N3/c1-2-8-6-3-7-4-9-5(1)6/h3-4,8H,1-2H2. The van der Waals surface area contributed by atoms with Crippen LogP contribution < -0.4 is 5.32 Å². The van der Waals surface area contributed by atoms with Crippen LogP contribution in [0.25, 0.3) is 0 Å². The number of anilines is 1. The van der Waals surface area contributed by atoms with E-state index in [2.05, 4.69) is 15.3 Å². The predicted molar refractivity (Wildman–Crippen MR) is 34.2 cm³/mol. The lowest BCUT2D eigenvalue weighted by Crippen LogP contribution is -1.90. The van der Waals surface area contributed by atoms with Crippen LogP contribution in [0.15, 0.2) is 12.5 Å². The first-order valence-corrected chi connectivity index (χ1v) is 2.99. The van der Waals surface area contributed by atoms with Gasteiger partial charge in [-0.25, -0.2) is 9.97 Å². The third-order valence-electron chi connectivity index (χ3n) is 1.47. The Labute approximate surface area is 53.1 Å². The maximum atomic E-state index is 4.09. The molecule has 0 unspecified atom stereocenters. The van der Waals surface area contributed by atoms with Gasteiger partial charge in [-0.05, 0) is 0 Å². The molecule has 0 aliphatic carbocycles. The highest BCUT2D eigenvalue weighted by molar-refractivity contribution is 5.49. The van der Waals surface area contributed by atoms with Crippen LogP contribution in [0.5, 0.6) is 0 Å². The fourth-order valence-electron chi connectivity index (χ4n) is 1.02. The Bertz CT molecular complexity index is 198. The van der Waals surface area contributed by atoms with Gasteiger partial charge in [0.25, 0.3) is 0 Å². The van der Waals surface area contributed by atoms with Crippen molar-refractivity contribution in [2.75, 3.05) is 11.9 Å². The molecule has 0 saturated heterocycles. The topological polar surface area (TPSA) is 37.8 Å². The summed E-state index contributed by atoms with van der Waals surface area (Å²) in [7, 11) is 0. The minimum absolute atomic E-state index is 1.01. The Morgan fingerprint density at radius 1 is 1.56 bits per heavy atom. The molecule has 0 atom stereocenters. The molecule has 1 N–H and O–H groups in total. The second kappa shape index (κ2) is 1.69. The molecular weight excluding hydrogens is 114 g/mol. The first kappa shape index (κ1) is 4.73. The number of hydrogen-bond acceptors (Lipinski definition) is 3. The van der Waals surface area contributed by atoms with Gasteiger partial charge in [0.1, 0.15) is 6.33 Å². The Morgan fingerprint density at radius 3 is 3.44 bits per heavy atom. The summed E-state index contributed by atoms with van der Waals surface area (Å²) in [5, 5.41) is 3.18. The number of fused-ring (bicyclic) bond motifs is 1. The normalized spacial score (nSPS) is 14.7. The number of hydrogen-bond donors (Lipinski definition) is 1. The van der Waals surface area contributed by atoms with Gasteiger partial charge in [0, 0.05) is 13.0 Å². The SMILES string of the molecule is c1ncc2c(n1)CCN2. The van der Waals surface area contributed by atoms with Crippen LogP contribution in [-0.2, 0) is 6.42 Å². The average molecular weight is 121 g/mol. The molecule has 3 heteroatoms. The van der Waals surface area contributed by atoms with E-state index in [1.165, 1.54) is 0 Å². The van der Waals surface area contributed by atoms with Crippen molar-refractivity contribution in [3.63, 3.8) is 0 Å². The zero-order valence-electron chi connectivity index (χ0n) is 4.96. The molecule has 9 heavy (non-hydrogen) atoms. The molecule has 0 saturated carbocycles. The van der Waals surface area contributed by atoms with E-state index in [0.717, 1.165) is 24.3 Å². The van der Waals surface area contributed by atoms with Crippen LogP contribution in [0.3, 0.4) is 0 Å².